The number of allylic oxidation sites excluding steroid dienone is 6. The smallest absolute Gasteiger partial charge is 0.0339 e. The van der Waals surface area contributed by atoms with Crippen molar-refractivity contribution in [3.8, 4) is 0 Å². The van der Waals surface area contributed by atoms with E-state index in [9.17, 15) is 0 Å². The zero-order chi connectivity index (χ0) is 8.67. The topological polar surface area (TPSA) is 35.0 Å². The van der Waals surface area contributed by atoms with Gasteiger partial charge in [0.05, 0.1) is 0 Å². The Balaban J connectivity index is 0.000000750. The normalized spacial score (nSPS) is 17.7. The van der Waals surface area contributed by atoms with Gasteiger partial charge in [0.25, 0.3) is 0 Å². The van der Waals surface area contributed by atoms with Gasteiger partial charge in [-0.1, -0.05) is 54.6 Å². The Morgan fingerprint density at radius 3 is 1.86 bits per heavy atom. The first-order valence-corrected chi connectivity index (χ1v) is 4.60. The van der Waals surface area contributed by atoms with Crippen LogP contribution >= 0.6 is 0 Å². The van der Waals surface area contributed by atoms with Gasteiger partial charge in [0.15, 0.2) is 0 Å². The van der Waals surface area contributed by atoms with E-state index < -0.39 is 0 Å². The highest BCUT2D eigenvalue weighted by molar-refractivity contribution is 5.60. The third-order valence-electron chi connectivity index (χ3n) is 2.74. The second kappa shape index (κ2) is 3.28. The van der Waals surface area contributed by atoms with E-state index in [4.69, 9.17) is 0 Å². The molecule has 2 aliphatic carbocycles. The maximum absolute atomic E-state index is 2.22. The third kappa shape index (κ3) is 1.14. The third-order valence-corrected chi connectivity index (χ3v) is 2.74. The molecule has 0 saturated carbocycles. The summed E-state index contributed by atoms with van der Waals surface area (Å²) in [4.78, 5) is 0. The lowest BCUT2D eigenvalue weighted by Gasteiger charge is -2.10. The first-order valence-electron chi connectivity index (χ1n) is 4.60. The van der Waals surface area contributed by atoms with Crippen LogP contribution in [0.5, 0.6) is 0 Å². The Bertz CT molecular complexity index is 402. The summed E-state index contributed by atoms with van der Waals surface area (Å²) in [6.07, 6.45) is 8.86. The van der Waals surface area contributed by atoms with E-state index in [0.29, 0.717) is 5.92 Å². The fourth-order valence-electron chi connectivity index (χ4n) is 2.10. The van der Waals surface area contributed by atoms with E-state index in [0.717, 1.165) is 0 Å². The molecule has 0 radical (unpaired) electrons. The predicted molar refractivity (Wildman–Crippen MR) is 59.5 cm³/mol. The summed E-state index contributed by atoms with van der Waals surface area (Å²) >= 11 is 0. The van der Waals surface area contributed by atoms with Crippen molar-refractivity contribution < 1.29 is 0 Å². The largest absolute Gasteiger partial charge is 0.344 e. The molecule has 3 N–H and O–H groups in total. The zero-order valence-electron chi connectivity index (χ0n) is 7.98. The molecule has 0 spiro atoms. The molecular weight excluding hydrogens is 170 g/mol. The van der Waals surface area contributed by atoms with Crippen molar-refractivity contribution in [2.45, 2.75) is 5.92 Å². The average Bonchev–Trinajstić information content (AvgIpc) is 2.78. The monoisotopic (exact) mass is 183 g/mol. The predicted octanol–water partition coefficient (Wildman–Crippen LogP) is 3.37. The van der Waals surface area contributed by atoms with Crippen LogP contribution in [0.15, 0.2) is 65.8 Å². The Morgan fingerprint density at radius 2 is 1.36 bits per heavy atom. The Labute approximate surface area is 84.0 Å². The van der Waals surface area contributed by atoms with Crippen LogP contribution in [-0.2, 0) is 0 Å². The second-order valence-corrected chi connectivity index (χ2v) is 3.51. The first kappa shape index (κ1) is 8.97. The van der Waals surface area contributed by atoms with E-state index in [1.165, 1.54) is 16.7 Å². The molecule has 0 saturated heterocycles. The van der Waals surface area contributed by atoms with Gasteiger partial charge in [-0.2, -0.15) is 0 Å². The van der Waals surface area contributed by atoms with Crippen LogP contribution < -0.4 is 6.15 Å². The van der Waals surface area contributed by atoms with Gasteiger partial charge in [0.2, 0.25) is 0 Å². The Morgan fingerprint density at radius 1 is 0.786 bits per heavy atom. The molecule has 0 atom stereocenters. The summed E-state index contributed by atoms with van der Waals surface area (Å²) in [5, 5.41) is 0. The standard InChI is InChI=1S/C13H10.H3N/c1-2-4-10(5-3-1)13-11-6-7-12(13)9-8-11;/h1-9,13H;1H3. The Kier molecular flexibility index (Phi) is 2.10. The van der Waals surface area contributed by atoms with E-state index >= 15 is 0 Å². The lowest BCUT2D eigenvalue weighted by molar-refractivity contribution is 1.03. The first-order chi connectivity index (χ1) is 6.45. The molecular formula is C13H13N. The van der Waals surface area contributed by atoms with Gasteiger partial charge in [-0.25, -0.2) is 0 Å². The average molecular weight is 183 g/mol. The molecule has 1 nitrogen and oxygen atoms in total. The van der Waals surface area contributed by atoms with Crippen LogP contribution in [0, 0.1) is 0 Å². The second-order valence-electron chi connectivity index (χ2n) is 3.51. The summed E-state index contributed by atoms with van der Waals surface area (Å²) < 4.78 is 0. The van der Waals surface area contributed by atoms with E-state index in [1.807, 2.05) is 0 Å². The zero-order valence-corrected chi connectivity index (χ0v) is 7.98. The highest BCUT2D eigenvalue weighted by Crippen LogP contribution is 2.42. The van der Waals surface area contributed by atoms with Gasteiger partial charge in [-0.3, -0.25) is 0 Å². The van der Waals surface area contributed by atoms with E-state index in [1.54, 1.807) is 0 Å². The number of rotatable bonds is 1. The van der Waals surface area contributed by atoms with Gasteiger partial charge >= 0.3 is 0 Å². The number of benzene rings is 1. The quantitative estimate of drug-likeness (QED) is 0.711. The van der Waals surface area contributed by atoms with Crippen molar-refractivity contribution >= 4 is 0 Å². The summed E-state index contributed by atoms with van der Waals surface area (Å²) in [5.74, 6) is 0.529. The molecule has 2 bridgehead atoms. The number of hydrogen-bond acceptors (Lipinski definition) is 1. The molecule has 2 aliphatic rings. The van der Waals surface area contributed by atoms with Crippen LogP contribution in [0.1, 0.15) is 11.5 Å². The van der Waals surface area contributed by atoms with Crippen molar-refractivity contribution in [3.63, 3.8) is 0 Å². The fraction of sp³-hybridized carbons (Fsp3) is 0.0769. The van der Waals surface area contributed by atoms with Crippen LogP contribution in [-0.4, -0.2) is 0 Å². The molecule has 0 aliphatic heterocycles. The van der Waals surface area contributed by atoms with E-state index in [-0.39, 0.29) is 6.15 Å². The Hall–Kier alpha value is -1.60. The highest BCUT2D eigenvalue weighted by Gasteiger charge is 2.25. The van der Waals surface area contributed by atoms with Gasteiger partial charge in [0.1, 0.15) is 0 Å². The molecule has 0 unspecified atom stereocenters. The summed E-state index contributed by atoms with van der Waals surface area (Å²) in [7, 11) is 0. The molecule has 14 heavy (non-hydrogen) atoms. The lowest BCUT2D eigenvalue weighted by atomic mass is 9.93. The van der Waals surface area contributed by atoms with Crippen molar-refractivity contribution in [2.24, 2.45) is 0 Å². The number of fused-ring (bicyclic) bond motifs is 2. The minimum absolute atomic E-state index is 0. The van der Waals surface area contributed by atoms with Crippen LogP contribution in [0.3, 0.4) is 0 Å². The van der Waals surface area contributed by atoms with Gasteiger partial charge in [-0.15, -0.1) is 0 Å². The number of hydrogen-bond donors (Lipinski definition) is 1. The van der Waals surface area contributed by atoms with Crippen molar-refractivity contribution in [3.05, 3.63) is 71.3 Å². The minimum Gasteiger partial charge on any atom is -0.344 e. The maximum Gasteiger partial charge on any atom is 0.0339 e. The summed E-state index contributed by atoms with van der Waals surface area (Å²) in [6, 6.07) is 10.7. The molecule has 1 aromatic rings. The van der Waals surface area contributed by atoms with Crippen LogP contribution in [0.25, 0.3) is 0 Å². The van der Waals surface area contributed by atoms with Gasteiger partial charge in [0, 0.05) is 5.92 Å². The minimum atomic E-state index is 0. The fourth-order valence-corrected chi connectivity index (χ4v) is 2.10. The molecule has 0 heterocycles. The van der Waals surface area contributed by atoms with Gasteiger partial charge in [-0.05, 0) is 16.7 Å². The van der Waals surface area contributed by atoms with Crippen molar-refractivity contribution in [1.82, 2.24) is 6.15 Å². The SMILES string of the molecule is C1=CC2=CC=C1C2c1ccccc1.N. The van der Waals surface area contributed by atoms with Crippen LogP contribution in [0.2, 0.25) is 0 Å². The van der Waals surface area contributed by atoms with Crippen molar-refractivity contribution in [1.29, 1.82) is 0 Å². The van der Waals surface area contributed by atoms with Crippen molar-refractivity contribution in [2.75, 3.05) is 0 Å². The van der Waals surface area contributed by atoms with Gasteiger partial charge < -0.3 is 6.15 Å². The molecule has 1 heteroatoms. The molecule has 1 aromatic carbocycles. The van der Waals surface area contributed by atoms with Crippen LogP contribution in [0.4, 0.5) is 0 Å². The molecule has 0 aromatic heterocycles. The molecule has 3 rings (SSSR count). The molecule has 0 amide bonds. The summed E-state index contributed by atoms with van der Waals surface area (Å²) in [6.45, 7) is 0. The summed E-state index contributed by atoms with van der Waals surface area (Å²) in [5.41, 5.74) is 4.27. The molecule has 70 valence electrons. The maximum atomic E-state index is 2.22. The lowest BCUT2D eigenvalue weighted by Crippen LogP contribution is -1.94. The highest BCUT2D eigenvalue weighted by atomic mass is 14.3. The van der Waals surface area contributed by atoms with E-state index in [2.05, 4.69) is 54.6 Å². The molecule has 0 fully saturated rings.